The van der Waals surface area contributed by atoms with E-state index in [-0.39, 0.29) is 11.5 Å². The molecular formula is C24H27N3O2S. The van der Waals surface area contributed by atoms with Crippen molar-refractivity contribution in [1.29, 1.82) is 0 Å². The van der Waals surface area contributed by atoms with Crippen LogP contribution in [0.3, 0.4) is 0 Å². The summed E-state index contributed by atoms with van der Waals surface area (Å²) < 4.78 is 1.70. The van der Waals surface area contributed by atoms with Crippen LogP contribution in [-0.2, 0) is 11.3 Å². The molecule has 2 heterocycles. The van der Waals surface area contributed by atoms with Gasteiger partial charge in [0.1, 0.15) is 0 Å². The van der Waals surface area contributed by atoms with E-state index in [9.17, 15) is 9.59 Å². The van der Waals surface area contributed by atoms with Gasteiger partial charge in [-0.1, -0.05) is 60.6 Å². The van der Waals surface area contributed by atoms with Crippen LogP contribution in [0.15, 0.2) is 58.5 Å². The third-order valence-corrected chi connectivity index (χ3v) is 6.58. The van der Waals surface area contributed by atoms with Crippen LogP contribution < -0.4 is 5.56 Å². The molecule has 6 heteroatoms. The van der Waals surface area contributed by atoms with Crippen LogP contribution in [0.1, 0.15) is 30.9 Å². The highest BCUT2D eigenvalue weighted by Crippen LogP contribution is 2.22. The van der Waals surface area contributed by atoms with Crippen molar-refractivity contribution in [1.82, 2.24) is 14.5 Å². The molecule has 1 atom stereocenters. The summed E-state index contributed by atoms with van der Waals surface area (Å²) in [7, 11) is 0. The van der Waals surface area contributed by atoms with Gasteiger partial charge >= 0.3 is 0 Å². The number of fused-ring (bicyclic) bond motifs is 1. The Morgan fingerprint density at radius 1 is 1.17 bits per heavy atom. The number of piperidine rings is 1. The maximum absolute atomic E-state index is 13.2. The third kappa shape index (κ3) is 4.59. The number of hydrogen-bond donors (Lipinski definition) is 0. The number of thioether (sulfide) groups is 1. The van der Waals surface area contributed by atoms with Gasteiger partial charge in [0.05, 0.1) is 23.2 Å². The molecule has 0 bridgehead atoms. The first-order chi connectivity index (χ1) is 14.5. The molecule has 0 N–H and O–H groups in total. The minimum Gasteiger partial charge on any atom is -0.342 e. The summed E-state index contributed by atoms with van der Waals surface area (Å²) in [6.45, 7) is 6.32. The molecule has 2 aromatic carbocycles. The Balaban J connectivity index is 1.62. The van der Waals surface area contributed by atoms with Gasteiger partial charge in [-0.2, -0.15) is 0 Å². The molecule has 1 amide bonds. The van der Waals surface area contributed by atoms with Gasteiger partial charge in [0, 0.05) is 13.1 Å². The highest BCUT2D eigenvalue weighted by atomic mass is 32.2. The summed E-state index contributed by atoms with van der Waals surface area (Å²) in [5.41, 5.74) is 2.82. The minimum atomic E-state index is -0.0669. The molecule has 0 saturated carbocycles. The maximum Gasteiger partial charge on any atom is 0.262 e. The second-order valence-electron chi connectivity index (χ2n) is 8.16. The van der Waals surface area contributed by atoms with E-state index in [4.69, 9.17) is 4.98 Å². The van der Waals surface area contributed by atoms with E-state index in [1.165, 1.54) is 23.7 Å². The van der Waals surface area contributed by atoms with E-state index in [2.05, 4.69) is 6.92 Å². The topological polar surface area (TPSA) is 55.2 Å². The van der Waals surface area contributed by atoms with Crippen LogP contribution >= 0.6 is 11.8 Å². The lowest BCUT2D eigenvalue weighted by atomic mass is 10.0. The molecule has 0 aliphatic carbocycles. The summed E-state index contributed by atoms with van der Waals surface area (Å²) in [6, 6.07) is 15.6. The van der Waals surface area contributed by atoms with Crippen LogP contribution in [0.4, 0.5) is 0 Å². The molecule has 1 aliphatic rings. The summed E-state index contributed by atoms with van der Waals surface area (Å²) in [4.78, 5) is 32.7. The van der Waals surface area contributed by atoms with Crippen molar-refractivity contribution in [3.63, 3.8) is 0 Å². The molecule has 0 spiro atoms. The first-order valence-corrected chi connectivity index (χ1v) is 11.5. The molecule has 0 radical (unpaired) electrons. The highest BCUT2D eigenvalue weighted by Gasteiger charge is 2.22. The van der Waals surface area contributed by atoms with Crippen molar-refractivity contribution in [2.45, 2.75) is 38.4 Å². The number of carbonyl (C=O) groups is 1. The SMILES string of the molecule is Cc1ccc(Cn2c(SCC(=O)N3CCC[C@@H](C)C3)nc3ccccc3c2=O)cc1. The predicted molar refractivity (Wildman–Crippen MR) is 122 cm³/mol. The molecule has 3 aromatic rings. The lowest BCUT2D eigenvalue weighted by Crippen LogP contribution is -2.40. The van der Waals surface area contributed by atoms with Crippen LogP contribution in [0.25, 0.3) is 10.9 Å². The van der Waals surface area contributed by atoms with E-state index in [1.54, 1.807) is 4.57 Å². The lowest BCUT2D eigenvalue weighted by Gasteiger charge is -2.30. The van der Waals surface area contributed by atoms with Gasteiger partial charge in [-0.25, -0.2) is 4.98 Å². The number of benzene rings is 2. The van der Waals surface area contributed by atoms with E-state index in [0.29, 0.717) is 34.3 Å². The van der Waals surface area contributed by atoms with Gasteiger partial charge in [-0.05, 0) is 43.4 Å². The van der Waals surface area contributed by atoms with Crippen molar-refractivity contribution in [2.75, 3.05) is 18.8 Å². The Labute approximate surface area is 181 Å². The van der Waals surface area contributed by atoms with Gasteiger partial charge in [-0.3, -0.25) is 14.2 Å². The van der Waals surface area contributed by atoms with E-state index in [0.717, 1.165) is 25.1 Å². The van der Waals surface area contributed by atoms with Gasteiger partial charge < -0.3 is 4.90 Å². The molecule has 0 unspecified atom stereocenters. The quantitative estimate of drug-likeness (QED) is 0.460. The third-order valence-electron chi connectivity index (χ3n) is 5.62. The largest absolute Gasteiger partial charge is 0.342 e. The Hall–Kier alpha value is -2.60. The number of likely N-dealkylation sites (tertiary alicyclic amines) is 1. The molecule has 4 rings (SSSR count). The first kappa shape index (κ1) is 20.7. The number of amides is 1. The summed E-state index contributed by atoms with van der Waals surface area (Å²) in [6.07, 6.45) is 2.24. The van der Waals surface area contributed by atoms with Gasteiger partial charge in [0.2, 0.25) is 5.91 Å². The molecule has 30 heavy (non-hydrogen) atoms. The number of aryl methyl sites for hydroxylation is 1. The zero-order valence-corrected chi connectivity index (χ0v) is 18.3. The molecule has 1 aliphatic heterocycles. The van der Waals surface area contributed by atoms with Gasteiger partial charge in [0.25, 0.3) is 5.56 Å². The Morgan fingerprint density at radius 2 is 1.93 bits per heavy atom. The fourth-order valence-electron chi connectivity index (χ4n) is 3.91. The van der Waals surface area contributed by atoms with Crippen molar-refractivity contribution in [3.05, 3.63) is 70.0 Å². The molecule has 1 aromatic heterocycles. The van der Waals surface area contributed by atoms with Crippen LogP contribution in [0.5, 0.6) is 0 Å². The summed E-state index contributed by atoms with van der Waals surface area (Å²) in [5.74, 6) is 0.966. The molecule has 1 fully saturated rings. The van der Waals surface area contributed by atoms with Crippen LogP contribution in [0.2, 0.25) is 0 Å². The van der Waals surface area contributed by atoms with Crippen molar-refractivity contribution in [2.24, 2.45) is 5.92 Å². The van der Waals surface area contributed by atoms with E-state index < -0.39 is 0 Å². The fourth-order valence-corrected chi connectivity index (χ4v) is 4.81. The maximum atomic E-state index is 13.2. The summed E-state index contributed by atoms with van der Waals surface area (Å²) in [5, 5.41) is 1.20. The smallest absolute Gasteiger partial charge is 0.262 e. The zero-order chi connectivity index (χ0) is 21.1. The fraction of sp³-hybridized carbons (Fsp3) is 0.375. The first-order valence-electron chi connectivity index (χ1n) is 10.5. The second kappa shape index (κ2) is 9.04. The predicted octanol–water partition coefficient (Wildman–Crippen LogP) is 4.10. The average Bonchev–Trinajstić information content (AvgIpc) is 2.75. The monoisotopic (exact) mass is 421 g/mol. The summed E-state index contributed by atoms with van der Waals surface area (Å²) >= 11 is 1.36. The zero-order valence-electron chi connectivity index (χ0n) is 17.5. The number of nitrogens with zero attached hydrogens (tertiary/aromatic N) is 3. The lowest BCUT2D eigenvalue weighted by molar-refractivity contribution is -0.130. The normalized spacial score (nSPS) is 16.7. The van der Waals surface area contributed by atoms with Crippen molar-refractivity contribution < 1.29 is 4.79 Å². The molecule has 1 saturated heterocycles. The second-order valence-corrected chi connectivity index (χ2v) is 9.11. The van der Waals surface area contributed by atoms with Gasteiger partial charge in [-0.15, -0.1) is 0 Å². The Morgan fingerprint density at radius 3 is 2.70 bits per heavy atom. The number of hydrogen-bond acceptors (Lipinski definition) is 4. The van der Waals surface area contributed by atoms with Gasteiger partial charge in [0.15, 0.2) is 5.16 Å². The van der Waals surface area contributed by atoms with E-state index in [1.807, 2.05) is 60.4 Å². The molecule has 156 valence electrons. The number of para-hydroxylation sites is 1. The molecule has 5 nitrogen and oxygen atoms in total. The highest BCUT2D eigenvalue weighted by molar-refractivity contribution is 7.99. The van der Waals surface area contributed by atoms with Crippen molar-refractivity contribution >= 4 is 28.6 Å². The average molecular weight is 422 g/mol. The molecular weight excluding hydrogens is 394 g/mol. The Kier molecular flexibility index (Phi) is 6.23. The van der Waals surface area contributed by atoms with Crippen LogP contribution in [-0.4, -0.2) is 39.2 Å². The Bertz CT molecular complexity index is 1110. The minimum absolute atomic E-state index is 0.0669. The van der Waals surface area contributed by atoms with Crippen LogP contribution in [0, 0.1) is 12.8 Å². The standard InChI is InChI=1S/C24H27N3O2S/c1-17-9-11-19(12-10-17)15-27-23(29)20-7-3-4-8-21(20)25-24(27)30-16-22(28)26-13-5-6-18(2)14-26/h3-4,7-12,18H,5-6,13-16H2,1-2H3/t18-/m1/s1. The van der Waals surface area contributed by atoms with Crippen molar-refractivity contribution in [3.8, 4) is 0 Å². The number of rotatable bonds is 5. The number of carbonyl (C=O) groups excluding carboxylic acids is 1. The number of aromatic nitrogens is 2. The van der Waals surface area contributed by atoms with E-state index >= 15 is 0 Å².